The summed E-state index contributed by atoms with van der Waals surface area (Å²) in [5.41, 5.74) is -1.06. The molecule has 1 aliphatic carbocycles. The first-order chi connectivity index (χ1) is 18.6. The number of nitrogens with one attached hydrogen (secondary N) is 1. The Morgan fingerprint density at radius 1 is 1.13 bits per heavy atom. The van der Waals surface area contributed by atoms with Crippen LogP contribution in [0.4, 0.5) is 30.2 Å². The van der Waals surface area contributed by atoms with Gasteiger partial charge in [0.2, 0.25) is 5.91 Å². The lowest BCUT2D eigenvalue weighted by atomic mass is 9.92. The van der Waals surface area contributed by atoms with E-state index in [1.807, 2.05) is 11.0 Å². The van der Waals surface area contributed by atoms with Gasteiger partial charge in [-0.15, -0.1) is 0 Å². The average molecular weight is 550 g/mol. The van der Waals surface area contributed by atoms with Crippen molar-refractivity contribution in [2.75, 3.05) is 36.4 Å². The Morgan fingerprint density at radius 3 is 2.49 bits per heavy atom. The number of amides is 1. The summed E-state index contributed by atoms with van der Waals surface area (Å²) in [4.78, 5) is 30.7. The van der Waals surface area contributed by atoms with Crippen LogP contribution in [0.3, 0.4) is 0 Å². The van der Waals surface area contributed by atoms with E-state index in [1.165, 1.54) is 6.07 Å². The summed E-state index contributed by atoms with van der Waals surface area (Å²) in [6.07, 6.45) is 3.91. The van der Waals surface area contributed by atoms with Crippen molar-refractivity contribution >= 4 is 23.0 Å². The smallest absolute Gasteiger partial charge is 0.423 e. The molecule has 1 saturated heterocycles. The zero-order chi connectivity index (χ0) is 28.0. The number of halogens is 3. The number of carbonyl (C=O) groups is 1. The Balaban J connectivity index is 1.27. The third-order valence-electron chi connectivity index (χ3n) is 7.29. The molecule has 4 rings (SSSR count). The first-order valence-corrected chi connectivity index (χ1v) is 13.4. The number of hydrogen-bond donors (Lipinski definition) is 1. The van der Waals surface area contributed by atoms with Gasteiger partial charge in [0.05, 0.1) is 29.1 Å². The Bertz CT molecular complexity index is 1150. The van der Waals surface area contributed by atoms with Gasteiger partial charge >= 0.3 is 6.18 Å². The molecule has 2 heterocycles. The molecule has 1 amide bonds. The van der Waals surface area contributed by atoms with Crippen LogP contribution in [0.15, 0.2) is 36.7 Å². The van der Waals surface area contributed by atoms with Gasteiger partial charge in [-0.3, -0.25) is 19.9 Å². The maximum absolute atomic E-state index is 13.3. The van der Waals surface area contributed by atoms with Gasteiger partial charge in [0.25, 0.3) is 5.69 Å². The van der Waals surface area contributed by atoms with Crippen molar-refractivity contribution in [2.24, 2.45) is 0 Å². The summed E-state index contributed by atoms with van der Waals surface area (Å²) in [7, 11) is 0. The predicted octanol–water partition coefficient (Wildman–Crippen LogP) is 5.65. The lowest BCUT2D eigenvalue weighted by Crippen LogP contribution is -2.48. The summed E-state index contributed by atoms with van der Waals surface area (Å²) >= 11 is 0. The zero-order valence-corrected chi connectivity index (χ0v) is 22.0. The molecule has 9 nitrogen and oxygen atoms in total. The van der Waals surface area contributed by atoms with Crippen LogP contribution in [0.2, 0.25) is 0 Å². The molecular weight excluding hydrogens is 515 g/mol. The highest BCUT2D eigenvalue weighted by molar-refractivity contribution is 5.76. The molecule has 212 valence electrons. The number of alkyl halides is 3. The Morgan fingerprint density at radius 2 is 1.85 bits per heavy atom. The number of nitro groups is 1. The second kappa shape index (κ2) is 12.5. The standard InChI is InChI=1S/C27H34F3N5O4/c1-2-3-4-26(36)34-13-11-33(12-14-34)21-16-23(18-31-17-21)39-22-8-5-19(6-9-22)32-20-7-10-25(35(37)38)24(15-20)27(28,29)30/h7,10,15-19,22,32H,2-6,8-9,11-14H2,1H3/t19-,22-. The van der Waals surface area contributed by atoms with Crippen LogP contribution >= 0.6 is 0 Å². The van der Waals surface area contributed by atoms with Gasteiger partial charge in [0.15, 0.2) is 0 Å². The molecule has 0 bridgehead atoms. The number of piperazine rings is 1. The third kappa shape index (κ3) is 7.51. The number of hydrogen-bond acceptors (Lipinski definition) is 7. The predicted molar refractivity (Wildman–Crippen MR) is 141 cm³/mol. The number of rotatable bonds is 9. The molecule has 0 unspecified atom stereocenters. The number of carbonyl (C=O) groups excluding carboxylic acids is 1. The number of pyridine rings is 1. The summed E-state index contributed by atoms with van der Waals surface area (Å²) in [6, 6.07) is 4.91. The van der Waals surface area contributed by atoms with Crippen molar-refractivity contribution in [2.45, 2.75) is 70.2 Å². The molecule has 12 heteroatoms. The summed E-state index contributed by atoms with van der Waals surface area (Å²) in [5, 5.41) is 14.1. The maximum atomic E-state index is 13.3. The fraction of sp³-hybridized carbons (Fsp3) is 0.556. The number of aromatic nitrogens is 1. The fourth-order valence-electron chi connectivity index (χ4n) is 5.11. The van der Waals surface area contributed by atoms with Gasteiger partial charge in [0, 0.05) is 56.5 Å². The SMILES string of the molecule is CCCCC(=O)N1CCN(c2cncc(O[C@H]3CC[C@H](Nc4ccc([N+](=O)[O-])c(C(F)(F)F)c4)CC3)c2)CC1. The monoisotopic (exact) mass is 549 g/mol. The van der Waals surface area contributed by atoms with Gasteiger partial charge in [-0.05, 0) is 44.2 Å². The molecule has 39 heavy (non-hydrogen) atoms. The van der Waals surface area contributed by atoms with E-state index in [9.17, 15) is 28.1 Å². The molecule has 1 saturated carbocycles. The van der Waals surface area contributed by atoms with Gasteiger partial charge in [-0.1, -0.05) is 13.3 Å². The summed E-state index contributed by atoms with van der Waals surface area (Å²) < 4.78 is 46.1. The Kier molecular flexibility index (Phi) is 9.13. The molecule has 1 aromatic heterocycles. The van der Waals surface area contributed by atoms with E-state index in [-0.39, 0.29) is 23.7 Å². The highest BCUT2D eigenvalue weighted by atomic mass is 19.4. The van der Waals surface area contributed by atoms with Crippen LogP contribution in [-0.2, 0) is 11.0 Å². The quantitative estimate of drug-likeness (QED) is 0.319. The maximum Gasteiger partial charge on any atom is 0.423 e. The molecule has 2 aliphatic rings. The van der Waals surface area contributed by atoms with Crippen LogP contribution in [-0.4, -0.2) is 59.0 Å². The molecule has 1 aromatic carbocycles. The van der Waals surface area contributed by atoms with Crippen molar-refractivity contribution in [1.82, 2.24) is 9.88 Å². The highest BCUT2D eigenvalue weighted by Crippen LogP contribution is 2.38. The first kappa shape index (κ1) is 28.4. The van der Waals surface area contributed by atoms with E-state index in [4.69, 9.17) is 4.74 Å². The van der Waals surface area contributed by atoms with E-state index in [2.05, 4.69) is 22.1 Å². The van der Waals surface area contributed by atoms with Gasteiger partial charge < -0.3 is 19.9 Å². The van der Waals surface area contributed by atoms with Crippen molar-refractivity contribution < 1.29 is 27.6 Å². The molecule has 2 fully saturated rings. The van der Waals surface area contributed by atoms with Crippen molar-refractivity contribution in [1.29, 1.82) is 0 Å². The van der Waals surface area contributed by atoms with E-state index < -0.39 is 22.4 Å². The van der Waals surface area contributed by atoms with Gasteiger partial charge in [-0.25, -0.2) is 0 Å². The number of anilines is 2. The molecular formula is C27H34F3N5O4. The lowest BCUT2D eigenvalue weighted by Gasteiger charge is -2.36. The van der Waals surface area contributed by atoms with Crippen LogP contribution < -0.4 is 15.0 Å². The number of unbranched alkanes of at least 4 members (excludes halogenated alkanes) is 1. The molecule has 1 N–H and O–H groups in total. The number of nitro benzene ring substituents is 1. The highest BCUT2D eigenvalue weighted by Gasteiger charge is 2.38. The average Bonchev–Trinajstić information content (AvgIpc) is 2.92. The second-order valence-electron chi connectivity index (χ2n) is 10.1. The Labute approximate surface area is 225 Å². The van der Waals surface area contributed by atoms with E-state index >= 15 is 0 Å². The summed E-state index contributed by atoms with van der Waals surface area (Å²) in [6.45, 7) is 4.92. The lowest BCUT2D eigenvalue weighted by molar-refractivity contribution is -0.388. The van der Waals surface area contributed by atoms with E-state index in [0.717, 1.165) is 43.8 Å². The van der Waals surface area contributed by atoms with E-state index in [0.29, 0.717) is 50.9 Å². The van der Waals surface area contributed by atoms with Crippen molar-refractivity contribution in [3.8, 4) is 5.75 Å². The minimum absolute atomic E-state index is 0.0456. The third-order valence-corrected chi connectivity index (χ3v) is 7.29. The van der Waals surface area contributed by atoms with Crippen molar-refractivity contribution in [3.63, 3.8) is 0 Å². The number of ether oxygens (including phenoxy) is 1. The number of nitrogens with zero attached hydrogens (tertiary/aromatic N) is 4. The Hall–Kier alpha value is -3.57. The molecule has 0 spiro atoms. The van der Waals surface area contributed by atoms with Crippen molar-refractivity contribution in [3.05, 3.63) is 52.3 Å². The molecule has 0 atom stereocenters. The zero-order valence-electron chi connectivity index (χ0n) is 22.0. The fourth-order valence-corrected chi connectivity index (χ4v) is 5.11. The van der Waals surface area contributed by atoms with Gasteiger partial charge in [-0.2, -0.15) is 13.2 Å². The van der Waals surface area contributed by atoms with Crippen LogP contribution in [0.25, 0.3) is 0 Å². The largest absolute Gasteiger partial charge is 0.489 e. The van der Waals surface area contributed by atoms with Crippen LogP contribution in [0.1, 0.15) is 57.4 Å². The summed E-state index contributed by atoms with van der Waals surface area (Å²) in [5.74, 6) is 0.877. The topological polar surface area (TPSA) is 101 Å². The molecule has 2 aromatic rings. The molecule has 0 radical (unpaired) electrons. The first-order valence-electron chi connectivity index (χ1n) is 13.4. The minimum atomic E-state index is -4.81. The van der Waals surface area contributed by atoms with E-state index in [1.54, 1.807) is 12.4 Å². The normalized spacial score (nSPS) is 20.0. The number of benzene rings is 1. The second-order valence-corrected chi connectivity index (χ2v) is 10.1. The van der Waals surface area contributed by atoms with Crippen LogP contribution in [0.5, 0.6) is 5.75 Å². The van der Waals surface area contributed by atoms with Crippen LogP contribution in [0, 0.1) is 10.1 Å². The van der Waals surface area contributed by atoms with Gasteiger partial charge in [0.1, 0.15) is 11.3 Å². The molecule has 1 aliphatic heterocycles. The minimum Gasteiger partial charge on any atom is -0.489 e.